The van der Waals surface area contributed by atoms with Crippen LogP contribution in [0.2, 0.25) is 0 Å². The van der Waals surface area contributed by atoms with E-state index < -0.39 is 16.0 Å². The van der Waals surface area contributed by atoms with Gasteiger partial charge in [-0.1, -0.05) is 17.7 Å². The Morgan fingerprint density at radius 2 is 1.95 bits per heavy atom. The van der Waals surface area contributed by atoms with Crippen molar-refractivity contribution in [2.75, 3.05) is 6.54 Å². The monoisotopic (exact) mass is 321 g/mol. The Bertz CT molecular complexity index is 820. The highest BCUT2D eigenvalue weighted by molar-refractivity contribution is 7.89. The molecule has 6 nitrogen and oxygen atoms in total. The van der Waals surface area contributed by atoms with Crippen LogP contribution in [0.4, 0.5) is 0 Å². The molecule has 116 valence electrons. The van der Waals surface area contributed by atoms with Gasteiger partial charge < -0.3 is 9.52 Å². The van der Waals surface area contributed by atoms with E-state index >= 15 is 0 Å². The first-order chi connectivity index (χ1) is 10.4. The number of fused-ring (bicyclic) bond motifs is 1. The molecule has 3 rings (SSSR count). The summed E-state index contributed by atoms with van der Waals surface area (Å²) >= 11 is 0. The third kappa shape index (κ3) is 2.53. The number of nitrogens with zero attached hydrogens (tertiary/aromatic N) is 1. The molecule has 0 aliphatic carbocycles. The molecular weight excluding hydrogens is 306 g/mol. The molecular formula is C15H15NO5S. The van der Waals surface area contributed by atoms with Crippen molar-refractivity contribution in [3.05, 3.63) is 53.0 Å². The lowest BCUT2D eigenvalue weighted by molar-refractivity contribution is 0.0660. The molecule has 1 aromatic carbocycles. The summed E-state index contributed by atoms with van der Waals surface area (Å²) in [6.07, 6.45) is 0.369. The lowest BCUT2D eigenvalue weighted by Crippen LogP contribution is -2.35. The quantitative estimate of drug-likeness (QED) is 0.934. The van der Waals surface area contributed by atoms with Gasteiger partial charge in [-0.3, -0.25) is 0 Å². The minimum Gasteiger partial charge on any atom is -0.475 e. The van der Waals surface area contributed by atoms with Crippen LogP contribution in [-0.2, 0) is 23.0 Å². The standard InChI is InChI=1S/C15H15NO5S/c1-10-2-4-12(5-3-10)22(19,20)16-7-6-13-11(9-16)8-14(21-13)15(17)18/h2-5,8H,6-7,9H2,1H3,(H,17,18). The summed E-state index contributed by atoms with van der Waals surface area (Å²) in [6, 6.07) is 8.07. The average Bonchev–Trinajstić information content (AvgIpc) is 2.91. The first-order valence-corrected chi connectivity index (χ1v) is 8.23. The normalized spacial score (nSPS) is 15.5. The largest absolute Gasteiger partial charge is 0.475 e. The van der Waals surface area contributed by atoms with Crippen LogP contribution >= 0.6 is 0 Å². The van der Waals surface area contributed by atoms with E-state index in [9.17, 15) is 13.2 Å². The van der Waals surface area contributed by atoms with E-state index in [2.05, 4.69) is 0 Å². The number of aryl methyl sites for hydroxylation is 1. The van der Waals surface area contributed by atoms with Crippen molar-refractivity contribution in [1.82, 2.24) is 4.31 Å². The number of furan rings is 1. The molecule has 1 aromatic heterocycles. The maximum atomic E-state index is 12.6. The van der Waals surface area contributed by atoms with Gasteiger partial charge in [-0.25, -0.2) is 13.2 Å². The maximum Gasteiger partial charge on any atom is 0.371 e. The summed E-state index contributed by atoms with van der Waals surface area (Å²) in [5.41, 5.74) is 1.60. The van der Waals surface area contributed by atoms with Crippen LogP contribution < -0.4 is 0 Å². The molecule has 0 bridgehead atoms. The second-order valence-electron chi connectivity index (χ2n) is 5.27. The van der Waals surface area contributed by atoms with Gasteiger partial charge in [0.15, 0.2) is 0 Å². The Balaban J connectivity index is 1.90. The summed E-state index contributed by atoms with van der Waals surface area (Å²) < 4.78 is 31.8. The lowest BCUT2D eigenvalue weighted by atomic mass is 10.1. The summed E-state index contributed by atoms with van der Waals surface area (Å²) in [6.45, 7) is 2.29. The van der Waals surface area contributed by atoms with Crippen LogP contribution in [0.5, 0.6) is 0 Å². The summed E-state index contributed by atoms with van der Waals surface area (Å²) in [4.78, 5) is 11.2. The zero-order valence-corrected chi connectivity index (χ0v) is 12.8. The fraction of sp³-hybridized carbons (Fsp3) is 0.267. The van der Waals surface area contributed by atoms with Gasteiger partial charge >= 0.3 is 5.97 Å². The van der Waals surface area contributed by atoms with Crippen molar-refractivity contribution in [2.45, 2.75) is 24.8 Å². The Labute approximate surface area is 128 Å². The molecule has 7 heteroatoms. The Kier molecular flexibility index (Phi) is 3.54. The van der Waals surface area contributed by atoms with Crippen LogP contribution in [0.25, 0.3) is 0 Å². The SMILES string of the molecule is Cc1ccc(S(=O)(=O)N2CCc3oc(C(=O)O)cc3C2)cc1. The van der Waals surface area contributed by atoms with Crippen molar-refractivity contribution in [3.63, 3.8) is 0 Å². The molecule has 2 aromatic rings. The molecule has 0 amide bonds. The van der Waals surface area contributed by atoms with E-state index in [0.717, 1.165) is 5.56 Å². The molecule has 0 spiro atoms. The fourth-order valence-electron chi connectivity index (χ4n) is 2.48. The second kappa shape index (κ2) is 5.26. The molecule has 22 heavy (non-hydrogen) atoms. The molecule has 2 heterocycles. The third-order valence-corrected chi connectivity index (χ3v) is 5.56. The summed E-state index contributed by atoms with van der Waals surface area (Å²) in [5, 5.41) is 8.94. The number of carboxylic acid groups (broad SMARTS) is 1. The van der Waals surface area contributed by atoms with Gasteiger partial charge in [-0.15, -0.1) is 0 Å². The van der Waals surface area contributed by atoms with Crippen molar-refractivity contribution >= 4 is 16.0 Å². The van der Waals surface area contributed by atoms with E-state index in [4.69, 9.17) is 9.52 Å². The minimum atomic E-state index is -3.59. The molecule has 1 aliphatic rings. The van der Waals surface area contributed by atoms with E-state index in [1.807, 2.05) is 6.92 Å². The van der Waals surface area contributed by atoms with Crippen molar-refractivity contribution in [2.24, 2.45) is 0 Å². The molecule has 0 unspecified atom stereocenters. The van der Waals surface area contributed by atoms with Crippen LogP contribution in [0, 0.1) is 6.92 Å². The van der Waals surface area contributed by atoms with Crippen LogP contribution in [0.1, 0.15) is 27.4 Å². The lowest BCUT2D eigenvalue weighted by Gasteiger charge is -2.25. The highest BCUT2D eigenvalue weighted by Crippen LogP contribution is 2.27. The molecule has 1 N–H and O–H groups in total. The average molecular weight is 321 g/mol. The van der Waals surface area contributed by atoms with Gasteiger partial charge in [-0.2, -0.15) is 4.31 Å². The van der Waals surface area contributed by atoms with Crippen LogP contribution in [0.15, 0.2) is 39.6 Å². The predicted octanol–water partition coefficient (Wildman–Crippen LogP) is 2.03. The van der Waals surface area contributed by atoms with Crippen LogP contribution in [0.3, 0.4) is 0 Å². The van der Waals surface area contributed by atoms with Crippen molar-refractivity contribution in [3.8, 4) is 0 Å². The van der Waals surface area contributed by atoms with E-state index in [-0.39, 0.29) is 23.7 Å². The highest BCUT2D eigenvalue weighted by Gasteiger charge is 2.31. The molecule has 0 saturated carbocycles. The smallest absolute Gasteiger partial charge is 0.371 e. The predicted molar refractivity (Wildman–Crippen MR) is 78.1 cm³/mol. The molecule has 0 fully saturated rings. The van der Waals surface area contributed by atoms with Crippen molar-refractivity contribution in [1.29, 1.82) is 0 Å². The first kappa shape index (κ1) is 14.8. The number of aromatic carboxylic acids is 1. The summed E-state index contributed by atoms with van der Waals surface area (Å²) in [7, 11) is -3.59. The fourth-order valence-corrected chi connectivity index (χ4v) is 3.90. The molecule has 1 aliphatic heterocycles. The van der Waals surface area contributed by atoms with E-state index in [0.29, 0.717) is 17.7 Å². The first-order valence-electron chi connectivity index (χ1n) is 6.79. The second-order valence-corrected chi connectivity index (χ2v) is 7.20. The number of carbonyl (C=O) groups is 1. The Hall–Kier alpha value is -2.12. The van der Waals surface area contributed by atoms with Crippen molar-refractivity contribution < 1.29 is 22.7 Å². The van der Waals surface area contributed by atoms with Gasteiger partial charge in [0.25, 0.3) is 0 Å². The van der Waals surface area contributed by atoms with Gasteiger partial charge in [0.05, 0.1) is 4.90 Å². The van der Waals surface area contributed by atoms with E-state index in [1.54, 1.807) is 24.3 Å². The number of benzene rings is 1. The Morgan fingerprint density at radius 3 is 2.59 bits per heavy atom. The van der Waals surface area contributed by atoms with Gasteiger partial charge in [-0.05, 0) is 25.1 Å². The van der Waals surface area contributed by atoms with Gasteiger partial charge in [0, 0.05) is 25.1 Å². The highest BCUT2D eigenvalue weighted by atomic mass is 32.2. The van der Waals surface area contributed by atoms with E-state index in [1.165, 1.54) is 10.4 Å². The zero-order valence-electron chi connectivity index (χ0n) is 11.9. The number of rotatable bonds is 3. The molecule has 0 radical (unpaired) electrons. The minimum absolute atomic E-state index is 0.127. The van der Waals surface area contributed by atoms with Crippen LogP contribution in [-0.4, -0.2) is 30.3 Å². The van der Waals surface area contributed by atoms with Gasteiger partial charge in [0.2, 0.25) is 15.8 Å². The number of hydrogen-bond donors (Lipinski definition) is 1. The molecule has 0 atom stereocenters. The maximum absolute atomic E-state index is 12.6. The summed E-state index contributed by atoms with van der Waals surface area (Å²) in [5.74, 6) is -0.755. The number of carboxylic acids is 1. The number of hydrogen-bond acceptors (Lipinski definition) is 4. The number of sulfonamides is 1. The molecule has 0 saturated heterocycles. The topological polar surface area (TPSA) is 87.8 Å². The Morgan fingerprint density at radius 1 is 1.27 bits per heavy atom. The zero-order chi connectivity index (χ0) is 15.9. The van der Waals surface area contributed by atoms with Gasteiger partial charge in [0.1, 0.15) is 5.76 Å². The third-order valence-electron chi connectivity index (χ3n) is 3.70.